The second kappa shape index (κ2) is 7.78. The Kier molecular flexibility index (Phi) is 5.75. The molecule has 126 valence electrons. The van der Waals surface area contributed by atoms with E-state index in [1.807, 2.05) is 0 Å². The third-order valence-corrected chi connectivity index (χ3v) is 5.88. The number of hydrogen-bond donors (Lipinski definition) is 0. The first-order valence-corrected chi connectivity index (χ1v) is 9.50. The van der Waals surface area contributed by atoms with E-state index in [4.69, 9.17) is 0 Å². The molecule has 0 aliphatic carbocycles. The average Bonchev–Trinajstić information content (AvgIpc) is 2.95. The standard InChI is InChI=1S/C18H33N3O/c1-16-8-3-6-13-21(16)18(22)15-20-12-7-9-17(20)14-19-10-4-2-5-11-19/h16-17H,2-15H2,1H3/t16-,17+/m0/s1. The highest BCUT2D eigenvalue weighted by Crippen LogP contribution is 2.22. The fourth-order valence-corrected chi connectivity index (χ4v) is 4.48. The molecule has 0 unspecified atom stereocenters. The van der Waals surface area contributed by atoms with Crippen LogP contribution in [0, 0.1) is 0 Å². The van der Waals surface area contributed by atoms with Crippen LogP contribution in [0.3, 0.4) is 0 Å². The van der Waals surface area contributed by atoms with Gasteiger partial charge >= 0.3 is 0 Å². The molecule has 3 fully saturated rings. The monoisotopic (exact) mass is 307 g/mol. The van der Waals surface area contributed by atoms with E-state index in [1.54, 1.807) is 0 Å². The van der Waals surface area contributed by atoms with Gasteiger partial charge in [-0.25, -0.2) is 0 Å². The van der Waals surface area contributed by atoms with Crippen LogP contribution in [-0.2, 0) is 4.79 Å². The fourth-order valence-electron chi connectivity index (χ4n) is 4.48. The molecule has 0 aromatic rings. The lowest BCUT2D eigenvalue weighted by Crippen LogP contribution is -2.49. The minimum absolute atomic E-state index is 0.373. The molecule has 3 saturated heterocycles. The van der Waals surface area contributed by atoms with Crippen molar-refractivity contribution in [1.29, 1.82) is 0 Å². The summed E-state index contributed by atoms with van der Waals surface area (Å²) in [5.74, 6) is 0.373. The molecule has 0 saturated carbocycles. The Morgan fingerprint density at radius 2 is 1.68 bits per heavy atom. The Morgan fingerprint density at radius 1 is 0.909 bits per heavy atom. The lowest BCUT2D eigenvalue weighted by molar-refractivity contribution is -0.136. The molecule has 0 radical (unpaired) electrons. The van der Waals surface area contributed by atoms with Gasteiger partial charge in [-0.05, 0) is 71.5 Å². The zero-order chi connectivity index (χ0) is 15.4. The molecule has 2 atom stereocenters. The minimum Gasteiger partial charge on any atom is -0.339 e. The third kappa shape index (κ3) is 4.02. The first kappa shape index (κ1) is 16.3. The van der Waals surface area contributed by atoms with Crippen molar-refractivity contribution < 1.29 is 4.79 Å². The van der Waals surface area contributed by atoms with Crippen LogP contribution in [0.4, 0.5) is 0 Å². The molecule has 1 amide bonds. The Balaban J connectivity index is 1.50. The van der Waals surface area contributed by atoms with Gasteiger partial charge < -0.3 is 9.80 Å². The summed E-state index contributed by atoms with van der Waals surface area (Å²) in [4.78, 5) is 19.9. The third-order valence-electron chi connectivity index (χ3n) is 5.88. The molecule has 0 aromatic carbocycles. The molecule has 4 heteroatoms. The summed E-state index contributed by atoms with van der Waals surface area (Å²) in [5, 5.41) is 0. The van der Waals surface area contributed by atoms with Crippen LogP contribution >= 0.6 is 0 Å². The van der Waals surface area contributed by atoms with Crippen LogP contribution in [0.15, 0.2) is 0 Å². The lowest BCUT2D eigenvalue weighted by Gasteiger charge is -2.36. The molecular weight excluding hydrogens is 274 g/mol. The quantitative estimate of drug-likeness (QED) is 0.797. The van der Waals surface area contributed by atoms with E-state index in [0.29, 0.717) is 24.5 Å². The summed E-state index contributed by atoms with van der Waals surface area (Å²) in [7, 11) is 0. The number of hydrogen-bond acceptors (Lipinski definition) is 3. The zero-order valence-electron chi connectivity index (χ0n) is 14.3. The predicted molar refractivity (Wildman–Crippen MR) is 89.9 cm³/mol. The zero-order valence-corrected chi connectivity index (χ0v) is 14.3. The maximum atomic E-state index is 12.7. The molecule has 3 aliphatic rings. The summed E-state index contributed by atoms with van der Waals surface area (Å²) in [6.45, 7) is 8.68. The van der Waals surface area contributed by atoms with Gasteiger partial charge in [-0.3, -0.25) is 9.69 Å². The Hall–Kier alpha value is -0.610. The fraction of sp³-hybridized carbons (Fsp3) is 0.944. The number of carbonyl (C=O) groups excluding carboxylic acids is 1. The van der Waals surface area contributed by atoms with Gasteiger partial charge in [0.25, 0.3) is 0 Å². The SMILES string of the molecule is C[C@H]1CCCCN1C(=O)CN1CCC[C@@H]1CN1CCCCC1. The van der Waals surface area contributed by atoms with Crippen LogP contribution in [0.5, 0.6) is 0 Å². The molecular formula is C18H33N3O. The number of rotatable bonds is 4. The highest BCUT2D eigenvalue weighted by Gasteiger charge is 2.31. The maximum absolute atomic E-state index is 12.7. The van der Waals surface area contributed by atoms with Crippen LogP contribution in [0.2, 0.25) is 0 Å². The number of carbonyl (C=O) groups is 1. The van der Waals surface area contributed by atoms with Crippen molar-refractivity contribution in [2.75, 3.05) is 39.3 Å². The largest absolute Gasteiger partial charge is 0.339 e. The molecule has 0 bridgehead atoms. The Bertz CT molecular complexity index is 367. The highest BCUT2D eigenvalue weighted by atomic mass is 16.2. The van der Waals surface area contributed by atoms with Gasteiger partial charge in [0.05, 0.1) is 6.54 Å². The summed E-state index contributed by atoms with van der Waals surface area (Å²) in [6, 6.07) is 1.06. The molecule has 0 N–H and O–H groups in total. The van der Waals surface area contributed by atoms with E-state index in [-0.39, 0.29) is 0 Å². The van der Waals surface area contributed by atoms with Crippen LogP contribution in [0.1, 0.15) is 58.3 Å². The normalized spacial score (nSPS) is 31.6. The molecule has 0 spiro atoms. The summed E-state index contributed by atoms with van der Waals surface area (Å²) in [6.07, 6.45) is 10.3. The minimum atomic E-state index is 0.373. The maximum Gasteiger partial charge on any atom is 0.236 e. The second-order valence-electron chi connectivity index (χ2n) is 7.56. The van der Waals surface area contributed by atoms with E-state index in [0.717, 1.165) is 13.1 Å². The van der Waals surface area contributed by atoms with Crippen LogP contribution < -0.4 is 0 Å². The van der Waals surface area contributed by atoms with Crippen molar-refractivity contribution in [2.24, 2.45) is 0 Å². The van der Waals surface area contributed by atoms with E-state index in [1.165, 1.54) is 71.0 Å². The Labute approximate surface area is 135 Å². The van der Waals surface area contributed by atoms with Gasteiger partial charge in [-0.2, -0.15) is 0 Å². The van der Waals surface area contributed by atoms with Crippen molar-refractivity contribution >= 4 is 5.91 Å². The highest BCUT2D eigenvalue weighted by molar-refractivity contribution is 5.78. The number of likely N-dealkylation sites (tertiary alicyclic amines) is 3. The van der Waals surface area contributed by atoms with Gasteiger partial charge in [0.1, 0.15) is 0 Å². The second-order valence-corrected chi connectivity index (χ2v) is 7.56. The van der Waals surface area contributed by atoms with E-state index in [2.05, 4.69) is 21.6 Å². The molecule has 3 heterocycles. The molecule has 4 nitrogen and oxygen atoms in total. The molecule has 0 aromatic heterocycles. The predicted octanol–water partition coefficient (Wildman–Crippen LogP) is 2.34. The van der Waals surface area contributed by atoms with Crippen molar-refractivity contribution in [2.45, 2.75) is 70.4 Å². The van der Waals surface area contributed by atoms with Crippen molar-refractivity contribution in [3.8, 4) is 0 Å². The van der Waals surface area contributed by atoms with E-state index < -0.39 is 0 Å². The Morgan fingerprint density at radius 3 is 2.45 bits per heavy atom. The van der Waals surface area contributed by atoms with Crippen molar-refractivity contribution in [3.05, 3.63) is 0 Å². The van der Waals surface area contributed by atoms with Crippen molar-refractivity contribution in [1.82, 2.24) is 14.7 Å². The lowest BCUT2D eigenvalue weighted by atomic mass is 10.0. The van der Waals surface area contributed by atoms with E-state index >= 15 is 0 Å². The van der Waals surface area contributed by atoms with Crippen LogP contribution in [0.25, 0.3) is 0 Å². The summed E-state index contributed by atoms with van der Waals surface area (Å²) in [5.41, 5.74) is 0. The molecule has 3 rings (SSSR count). The number of piperidine rings is 2. The van der Waals surface area contributed by atoms with Crippen molar-refractivity contribution in [3.63, 3.8) is 0 Å². The van der Waals surface area contributed by atoms with Gasteiger partial charge in [0.15, 0.2) is 0 Å². The number of amides is 1. The number of nitrogens with zero attached hydrogens (tertiary/aromatic N) is 3. The van der Waals surface area contributed by atoms with Gasteiger partial charge in [0.2, 0.25) is 5.91 Å². The van der Waals surface area contributed by atoms with Crippen LogP contribution in [-0.4, -0.2) is 72.0 Å². The smallest absolute Gasteiger partial charge is 0.236 e. The first-order valence-electron chi connectivity index (χ1n) is 9.50. The summed E-state index contributed by atoms with van der Waals surface area (Å²) < 4.78 is 0. The molecule has 22 heavy (non-hydrogen) atoms. The van der Waals surface area contributed by atoms with Gasteiger partial charge in [0, 0.05) is 25.2 Å². The van der Waals surface area contributed by atoms with Gasteiger partial charge in [-0.15, -0.1) is 0 Å². The average molecular weight is 307 g/mol. The van der Waals surface area contributed by atoms with Gasteiger partial charge in [-0.1, -0.05) is 6.42 Å². The van der Waals surface area contributed by atoms with E-state index in [9.17, 15) is 4.79 Å². The topological polar surface area (TPSA) is 26.8 Å². The first-order chi connectivity index (χ1) is 10.7. The molecule has 3 aliphatic heterocycles. The summed E-state index contributed by atoms with van der Waals surface area (Å²) >= 11 is 0.